The third-order valence-corrected chi connectivity index (χ3v) is 2.45. The van der Waals surface area contributed by atoms with Crippen LogP contribution in [0.1, 0.15) is 39.0 Å². The molecule has 0 heterocycles. The fourth-order valence-corrected chi connectivity index (χ4v) is 1.39. The number of rotatable bonds is 8. The van der Waals surface area contributed by atoms with Gasteiger partial charge in [0.05, 0.1) is 13.0 Å². The lowest BCUT2D eigenvalue weighted by molar-refractivity contribution is -0.111. The normalized spacial score (nSPS) is 12.2. The highest BCUT2D eigenvalue weighted by Crippen LogP contribution is 2.03. The van der Waals surface area contributed by atoms with Gasteiger partial charge in [0, 0.05) is 0 Å². The first-order valence-electron chi connectivity index (χ1n) is 5.14. The Labute approximate surface area is 102 Å². The van der Waals surface area contributed by atoms with Gasteiger partial charge in [0.2, 0.25) is 0 Å². The molecule has 0 aromatic heterocycles. The number of carbonyl (C=O) groups excluding carboxylic acids is 1. The molecule has 0 radical (unpaired) electrons. The molecule has 0 saturated carbocycles. The highest BCUT2D eigenvalue weighted by Gasteiger charge is 2.14. The molecule has 0 aliphatic rings. The summed E-state index contributed by atoms with van der Waals surface area (Å²) < 4.78 is 5.15. The lowest BCUT2D eigenvalue weighted by Gasteiger charge is -2.11. The zero-order valence-electron chi connectivity index (χ0n) is 8.94. The first-order valence-corrected chi connectivity index (χ1v) is 6.00. The van der Waals surface area contributed by atoms with Crippen molar-refractivity contribution in [3.8, 4) is 0 Å². The van der Waals surface area contributed by atoms with Gasteiger partial charge in [-0.15, -0.1) is 12.6 Å². The van der Waals surface area contributed by atoms with Crippen LogP contribution in [0.2, 0.25) is 0 Å². The molecule has 0 aliphatic carbocycles. The highest BCUT2D eigenvalue weighted by molar-refractivity contribution is 7.96. The van der Waals surface area contributed by atoms with Crippen LogP contribution in [0.25, 0.3) is 0 Å². The van der Waals surface area contributed by atoms with Crippen molar-refractivity contribution in [2.45, 2.75) is 45.1 Å². The molecule has 0 rings (SSSR count). The number of hydrogen-bond donors (Lipinski definition) is 2. The molecular weight excluding hydrogens is 232 g/mol. The molecule has 5 heteroatoms. The Balaban J connectivity index is 3.51. The molecule has 0 saturated heterocycles. The monoisotopic (exact) mass is 250 g/mol. The number of thiol groups is 1. The van der Waals surface area contributed by atoms with Crippen LogP contribution in [-0.2, 0) is 9.53 Å². The van der Waals surface area contributed by atoms with Crippen molar-refractivity contribution < 1.29 is 14.6 Å². The molecule has 15 heavy (non-hydrogen) atoms. The fourth-order valence-electron chi connectivity index (χ4n) is 1.05. The van der Waals surface area contributed by atoms with Gasteiger partial charge in [-0.25, -0.2) is 0 Å². The minimum Gasteiger partial charge on any atom is -0.484 e. The van der Waals surface area contributed by atoms with Crippen LogP contribution < -0.4 is 0 Å². The predicted molar refractivity (Wildman–Crippen MR) is 67.3 cm³/mol. The van der Waals surface area contributed by atoms with Crippen LogP contribution >= 0.6 is 24.8 Å². The van der Waals surface area contributed by atoms with Gasteiger partial charge < -0.3 is 9.84 Å². The zero-order chi connectivity index (χ0) is 11.7. The second kappa shape index (κ2) is 9.12. The van der Waals surface area contributed by atoms with Crippen molar-refractivity contribution in [1.82, 2.24) is 0 Å². The standard InChI is InChI=1S/C10H18O3S2/c1-2-3-4-5-6-13-10(15)8(11)7-9(12)14/h8,11H,2-7H2,1H3,(H,12,14). The maximum absolute atomic E-state index is 10.6. The number of ether oxygens (including phenoxy) is 1. The molecule has 0 bridgehead atoms. The molecule has 0 aliphatic heterocycles. The lowest BCUT2D eigenvalue weighted by atomic mass is 10.2. The molecule has 0 spiro atoms. The molecule has 0 fully saturated rings. The quantitative estimate of drug-likeness (QED) is 0.393. The first kappa shape index (κ1) is 14.9. The predicted octanol–water partition coefficient (Wildman–Crippen LogP) is 2.12. The summed E-state index contributed by atoms with van der Waals surface area (Å²) in [5.41, 5.74) is 0. The SMILES string of the molecule is CCCCCCOC(=S)C(O)CC(=O)S. The summed E-state index contributed by atoms with van der Waals surface area (Å²) in [6.07, 6.45) is 3.28. The van der Waals surface area contributed by atoms with Crippen LogP contribution in [-0.4, -0.2) is 28.0 Å². The van der Waals surface area contributed by atoms with Crippen LogP contribution in [0.15, 0.2) is 0 Å². The van der Waals surface area contributed by atoms with Gasteiger partial charge in [-0.3, -0.25) is 4.79 Å². The molecule has 0 aromatic rings. The van der Waals surface area contributed by atoms with E-state index in [1.165, 1.54) is 12.8 Å². The number of carbonyl (C=O) groups is 1. The first-order chi connectivity index (χ1) is 7.07. The van der Waals surface area contributed by atoms with E-state index in [0.717, 1.165) is 12.8 Å². The largest absolute Gasteiger partial charge is 0.484 e. The summed E-state index contributed by atoms with van der Waals surface area (Å²) in [7, 11) is 0. The maximum Gasteiger partial charge on any atom is 0.189 e. The minimum atomic E-state index is -1.00. The van der Waals surface area contributed by atoms with E-state index < -0.39 is 6.10 Å². The average molecular weight is 250 g/mol. The molecule has 88 valence electrons. The van der Waals surface area contributed by atoms with Gasteiger partial charge in [-0.05, 0) is 18.6 Å². The van der Waals surface area contributed by atoms with Crippen molar-refractivity contribution in [3.63, 3.8) is 0 Å². The number of hydrogen-bond acceptors (Lipinski definition) is 4. The average Bonchev–Trinajstić information content (AvgIpc) is 2.16. The third-order valence-electron chi connectivity index (χ3n) is 1.88. The van der Waals surface area contributed by atoms with Crippen LogP contribution in [0.5, 0.6) is 0 Å². The van der Waals surface area contributed by atoms with Gasteiger partial charge in [-0.1, -0.05) is 26.2 Å². The van der Waals surface area contributed by atoms with Crippen molar-refractivity contribution in [1.29, 1.82) is 0 Å². The number of thiocarbonyl (C=S) groups is 1. The van der Waals surface area contributed by atoms with E-state index in [1.54, 1.807) is 0 Å². The van der Waals surface area contributed by atoms with E-state index in [-0.39, 0.29) is 16.6 Å². The Morgan fingerprint density at radius 1 is 1.47 bits per heavy atom. The van der Waals surface area contributed by atoms with E-state index in [4.69, 9.17) is 17.0 Å². The summed E-state index contributed by atoms with van der Waals surface area (Å²) in [6, 6.07) is 0. The van der Waals surface area contributed by atoms with Crippen molar-refractivity contribution in [2.24, 2.45) is 0 Å². The number of aliphatic hydroxyl groups is 1. The third kappa shape index (κ3) is 8.84. The maximum atomic E-state index is 10.6. The van der Waals surface area contributed by atoms with Gasteiger partial charge in [0.25, 0.3) is 0 Å². The van der Waals surface area contributed by atoms with E-state index >= 15 is 0 Å². The Morgan fingerprint density at radius 2 is 2.13 bits per heavy atom. The number of unbranched alkanes of at least 4 members (excludes halogenated alkanes) is 3. The second-order valence-corrected chi connectivity index (χ2v) is 4.24. The minimum absolute atomic E-state index is 0.0864. The topological polar surface area (TPSA) is 46.5 Å². The summed E-state index contributed by atoms with van der Waals surface area (Å²) in [6.45, 7) is 2.64. The lowest BCUT2D eigenvalue weighted by Crippen LogP contribution is -2.23. The Kier molecular flexibility index (Phi) is 9.04. The smallest absolute Gasteiger partial charge is 0.189 e. The second-order valence-electron chi connectivity index (χ2n) is 3.34. The van der Waals surface area contributed by atoms with Gasteiger partial charge in [0.15, 0.2) is 10.2 Å². The van der Waals surface area contributed by atoms with Gasteiger partial charge in [-0.2, -0.15) is 0 Å². The summed E-state index contributed by atoms with van der Waals surface area (Å²) in [5, 5.41) is 9.06. The summed E-state index contributed by atoms with van der Waals surface area (Å²) >= 11 is 8.37. The van der Waals surface area contributed by atoms with E-state index in [9.17, 15) is 9.90 Å². The summed E-state index contributed by atoms with van der Waals surface area (Å²) in [5.74, 6) is 0. The van der Waals surface area contributed by atoms with Gasteiger partial charge in [0.1, 0.15) is 6.10 Å². The molecular formula is C10H18O3S2. The van der Waals surface area contributed by atoms with Crippen LogP contribution in [0, 0.1) is 0 Å². The number of aliphatic hydroxyl groups excluding tert-OH is 1. The van der Waals surface area contributed by atoms with Crippen molar-refractivity contribution >= 4 is 35.0 Å². The van der Waals surface area contributed by atoms with E-state index in [0.29, 0.717) is 6.61 Å². The van der Waals surface area contributed by atoms with E-state index in [2.05, 4.69) is 19.6 Å². The summed E-state index contributed by atoms with van der Waals surface area (Å²) in [4.78, 5) is 10.6. The fraction of sp³-hybridized carbons (Fsp3) is 0.800. The molecule has 0 aromatic carbocycles. The molecule has 3 nitrogen and oxygen atoms in total. The Morgan fingerprint density at radius 3 is 2.67 bits per heavy atom. The molecule has 1 unspecified atom stereocenters. The van der Waals surface area contributed by atoms with Crippen LogP contribution in [0.3, 0.4) is 0 Å². The Hall–Kier alpha value is -0.130. The Bertz CT molecular complexity index is 207. The van der Waals surface area contributed by atoms with Crippen molar-refractivity contribution in [3.05, 3.63) is 0 Å². The van der Waals surface area contributed by atoms with Crippen molar-refractivity contribution in [2.75, 3.05) is 6.61 Å². The van der Waals surface area contributed by atoms with Crippen LogP contribution in [0.4, 0.5) is 0 Å². The van der Waals surface area contributed by atoms with Gasteiger partial charge >= 0.3 is 0 Å². The zero-order valence-corrected chi connectivity index (χ0v) is 10.7. The molecule has 1 atom stereocenters. The molecule has 1 N–H and O–H groups in total. The highest BCUT2D eigenvalue weighted by atomic mass is 32.1. The van der Waals surface area contributed by atoms with E-state index in [1.807, 2.05) is 0 Å². The molecule has 0 amide bonds.